The first-order chi connectivity index (χ1) is 17.3. The van der Waals surface area contributed by atoms with Crippen molar-refractivity contribution in [2.75, 3.05) is 0 Å². The largest absolute Gasteiger partial charge is 0.512 e. The number of thiophene rings is 1. The molecule has 5 rings (SSSR count). The van der Waals surface area contributed by atoms with E-state index in [4.69, 9.17) is 5.11 Å². The van der Waals surface area contributed by atoms with E-state index in [1.54, 1.807) is 11.3 Å². The van der Waals surface area contributed by atoms with E-state index >= 15 is 0 Å². The Kier molecular flexibility index (Phi) is 9.71. The number of ketones is 1. The van der Waals surface area contributed by atoms with Crippen LogP contribution >= 0.6 is 11.3 Å². The van der Waals surface area contributed by atoms with Crippen LogP contribution in [0, 0.1) is 19.9 Å². The summed E-state index contributed by atoms with van der Waals surface area (Å²) in [5.41, 5.74) is 8.48. The molecule has 5 aromatic rings. The van der Waals surface area contributed by atoms with Crippen LogP contribution in [0.3, 0.4) is 0 Å². The van der Waals surface area contributed by atoms with E-state index in [0.717, 1.165) is 11.3 Å². The molecule has 0 aliphatic heterocycles. The molecule has 0 unspecified atom stereocenters. The molecule has 3 nitrogen and oxygen atoms in total. The van der Waals surface area contributed by atoms with Gasteiger partial charge in [-0.2, -0.15) is 0 Å². The van der Waals surface area contributed by atoms with E-state index < -0.39 is 0 Å². The first-order valence-corrected chi connectivity index (χ1v) is 12.5. The molecule has 0 aliphatic rings. The summed E-state index contributed by atoms with van der Waals surface area (Å²) < 4.78 is 1.21. The Labute approximate surface area is 235 Å². The number of aromatic nitrogens is 1. The van der Waals surface area contributed by atoms with Crippen molar-refractivity contribution in [3.05, 3.63) is 114 Å². The van der Waals surface area contributed by atoms with Crippen LogP contribution < -0.4 is 0 Å². The summed E-state index contributed by atoms with van der Waals surface area (Å²) in [6.07, 6.45) is 3.14. The molecule has 0 aliphatic carbocycles. The maximum Gasteiger partial charge on any atom is 0.155 e. The zero-order valence-electron chi connectivity index (χ0n) is 21.2. The van der Waals surface area contributed by atoms with Gasteiger partial charge < -0.3 is 10.1 Å². The van der Waals surface area contributed by atoms with Crippen LogP contribution in [-0.2, 0) is 24.9 Å². The predicted molar refractivity (Wildman–Crippen MR) is 151 cm³/mol. The molecule has 0 fully saturated rings. The Bertz CT molecular complexity index is 1510. The molecule has 0 bridgehead atoms. The summed E-state index contributed by atoms with van der Waals surface area (Å²) in [5, 5.41) is 9.59. The monoisotopic (exact) mass is 683 g/mol. The normalized spacial score (nSPS) is 10.9. The zero-order chi connectivity index (χ0) is 25.7. The number of nitrogens with zero attached hydrogens (tertiary/aromatic N) is 1. The van der Waals surface area contributed by atoms with Crippen molar-refractivity contribution < 1.29 is 30.0 Å². The van der Waals surface area contributed by atoms with Crippen molar-refractivity contribution in [2.24, 2.45) is 0 Å². The fraction of sp³-hybridized carbons (Fsp3) is 0.125. The number of hydrogen-bond acceptors (Lipinski definition) is 4. The maximum atomic E-state index is 10.0. The van der Waals surface area contributed by atoms with Gasteiger partial charge in [-0.05, 0) is 72.7 Å². The van der Waals surface area contributed by atoms with Gasteiger partial charge in [-0.1, -0.05) is 48.5 Å². The van der Waals surface area contributed by atoms with Crippen molar-refractivity contribution in [1.29, 1.82) is 0 Å². The number of allylic oxidation sites excluding steroid dienone is 2. The fourth-order valence-electron chi connectivity index (χ4n) is 4.15. The van der Waals surface area contributed by atoms with Gasteiger partial charge in [-0.25, -0.2) is 0 Å². The van der Waals surface area contributed by atoms with Crippen LogP contribution in [0.25, 0.3) is 42.9 Å². The van der Waals surface area contributed by atoms with Crippen molar-refractivity contribution >= 4 is 27.2 Å². The number of hydrogen-bond donors (Lipinski definition) is 1. The van der Waals surface area contributed by atoms with E-state index in [2.05, 4.69) is 79.5 Å². The minimum atomic E-state index is -0.125. The molecule has 0 saturated heterocycles. The van der Waals surface area contributed by atoms with Gasteiger partial charge in [0.25, 0.3) is 0 Å². The molecular weight excluding hydrogens is 655 g/mol. The Morgan fingerprint density at radius 2 is 1.59 bits per heavy atom. The first kappa shape index (κ1) is 28.2. The van der Waals surface area contributed by atoms with Gasteiger partial charge in [0, 0.05) is 37.3 Å². The average molecular weight is 683 g/mol. The number of aliphatic hydroxyl groups excluding tert-OH is 1. The van der Waals surface area contributed by atoms with Gasteiger partial charge in [0.1, 0.15) is 0 Å². The van der Waals surface area contributed by atoms with Crippen molar-refractivity contribution in [2.45, 2.75) is 27.7 Å². The van der Waals surface area contributed by atoms with Crippen molar-refractivity contribution in [3.63, 3.8) is 0 Å². The molecule has 2 aromatic heterocycles. The molecular formula is C32H28IrNO2S-. The van der Waals surface area contributed by atoms with E-state index in [1.165, 1.54) is 62.7 Å². The smallest absolute Gasteiger partial charge is 0.155 e. The molecule has 1 radical (unpaired) electrons. The molecule has 37 heavy (non-hydrogen) atoms. The molecule has 189 valence electrons. The molecule has 0 amide bonds. The molecule has 0 spiro atoms. The van der Waals surface area contributed by atoms with Crippen molar-refractivity contribution in [1.82, 2.24) is 4.98 Å². The fourth-order valence-corrected chi connectivity index (χ4v) is 5.17. The number of fused-ring (bicyclic) bond motifs is 1. The standard InChI is InChI=1S/C27H20NS.C5H8O2.Ir/c1-18-7-6-8-19(2)27(18)22-13-11-21(12-14-22)25-16-23-15-24(28-17-26(23)29-25)20-9-4-3-5-10-20;1-4(6)3-5(2)7;/h3-9,11-17H,1-2H3;3,6H,1-2H3;/q-1;;/b;4-3-;. The van der Waals surface area contributed by atoms with E-state index in [1.807, 2.05) is 30.5 Å². The molecule has 1 N–H and O–H groups in total. The maximum absolute atomic E-state index is 10.0. The van der Waals surface area contributed by atoms with E-state index in [9.17, 15) is 4.79 Å². The van der Waals surface area contributed by atoms with Crippen LogP contribution in [0.2, 0.25) is 0 Å². The Morgan fingerprint density at radius 3 is 2.16 bits per heavy atom. The molecule has 5 heteroatoms. The zero-order valence-corrected chi connectivity index (χ0v) is 24.4. The Balaban J connectivity index is 0.000000422. The van der Waals surface area contributed by atoms with Gasteiger partial charge in [-0.3, -0.25) is 4.79 Å². The summed E-state index contributed by atoms with van der Waals surface area (Å²) in [6.45, 7) is 7.20. The summed E-state index contributed by atoms with van der Waals surface area (Å²) in [5.74, 6) is -0.0625. The number of aryl methyl sites for hydroxylation is 2. The van der Waals surface area contributed by atoms with E-state index in [-0.39, 0.29) is 31.6 Å². The summed E-state index contributed by atoms with van der Waals surface area (Å²) in [6, 6.07) is 31.1. The van der Waals surface area contributed by atoms with Crippen LogP contribution in [0.15, 0.2) is 96.9 Å². The third kappa shape index (κ3) is 7.11. The SMILES string of the molecule is CC(=O)/C=C(/C)O.Cc1cccc(C)c1-c1ccc(-c2cc3cc(-c4[c-]cccc4)ncc3s2)cc1.[Ir]. The van der Waals surface area contributed by atoms with Gasteiger partial charge in [0.2, 0.25) is 0 Å². The molecule has 0 atom stereocenters. The van der Waals surface area contributed by atoms with Gasteiger partial charge in [-0.15, -0.1) is 47.2 Å². The minimum Gasteiger partial charge on any atom is -0.512 e. The number of carbonyl (C=O) groups excluding carboxylic acids is 1. The van der Waals surface area contributed by atoms with Crippen LogP contribution in [0.5, 0.6) is 0 Å². The summed E-state index contributed by atoms with van der Waals surface area (Å²) >= 11 is 1.79. The number of benzene rings is 3. The van der Waals surface area contributed by atoms with Crippen LogP contribution in [0.1, 0.15) is 25.0 Å². The second-order valence-electron chi connectivity index (χ2n) is 8.73. The Hall–Kier alpha value is -3.37. The quantitative estimate of drug-likeness (QED) is 0.117. The average Bonchev–Trinajstić information content (AvgIpc) is 3.28. The molecule has 0 saturated carbocycles. The molecule has 3 aromatic carbocycles. The number of aliphatic hydroxyl groups is 1. The minimum absolute atomic E-state index is 0. The second-order valence-corrected chi connectivity index (χ2v) is 9.82. The van der Waals surface area contributed by atoms with E-state index in [0.29, 0.717) is 0 Å². The van der Waals surface area contributed by atoms with Crippen LogP contribution in [-0.4, -0.2) is 15.9 Å². The Morgan fingerprint density at radius 1 is 0.919 bits per heavy atom. The van der Waals surface area contributed by atoms with Gasteiger partial charge >= 0.3 is 0 Å². The topological polar surface area (TPSA) is 50.2 Å². The van der Waals surface area contributed by atoms with Gasteiger partial charge in [0.05, 0.1) is 10.5 Å². The number of carbonyl (C=O) groups is 1. The van der Waals surface area contributed by atoms with Crippen molar-refractivity contribution in [3.8, 4) is 32.8 Å². The predicted octanol–water partition coefficient (Wildman–Crippen LogP) is 8.75. The number of pyridine rings is 1. The summed E-state index contributed by atoms with van der Waals surface area (Å²) in [4.78, 5) is 15.9. The molecule has 2 heterocycles. The van der Waals surface area contributed by atoms with Gasteiger partial charge in [0.15, 0.2) is 5.78 Å². The first-order valence-electron chi connectivity index (χ1n) is 11.7. The second kappa shape index (κ2) is 12.7. The number of rotatable bonds is 4. The third-order valence-corrected chi connectivity index (χ3v) is 6.88. The summed E-state index contributed by atoms with van der Waals surface area (Å²) in [7, 11) is 0. The van der Waals surface area contributed by atoms with Crippen LogP contribution in [0.4, 0.5) is 0 Å². The third-order valence-electron chi connectivity index (χ3n) is 5.74.